The first-order chi connectivity index (χ1) is 11.4. The van der Waals surface area contributed by atoms with Crippen LogP contribution in [-0.2, 0) is 9.53 Å². The number of hydrogen-bond donors (Lipinski definition) is 2. The molecular formula is C17H36IN5O2. The van der Waals surface area contributed by atoms with Crippen LogP contribution in [0, 0.1) is 5.92 Å². The van der Waals surface area contributed by atoms with Crippen molar-refractivity contribution in [1.29, 1.82) is 0 Å². The highest BCUT2D eigenvalue weighted by Gasteiger charge is 2.12. The highest BCUT2D eigenvalue weighted by atomic mass is 127. The van der Waals surface area contributed by atoms with E-state index in [2.05, 4.69) is 41.3 Å². The van der Waals surface area contributed by atoms with Crippen molar-refractivity contribution in [2.24, 2.45) is 10.9 Å². The van der Waals surface area contributed by atoms with E-state index in [1.54, 1.807) is 19.0 Å². The van der Waals surface area contributed by atoms with E-state index in [4.69, 9.17) is 4.74 Å². The van der Waals surface area contributed by atoms with Gasteiger partial charge in [0.15, 0.2) is 5.96 Å². The third-order valence-electron chi connectivity index (χ3n) is 4.28. The molecule has 7 nitrogen and oxygen atoms in total. The Morgan fingerprint density at radius 1 is 1.24 bits per heavy atom. The maximum absolute atomic E-state index is 11.7. The first kappa shape index (κ1) is 24.4. The molecule has 1 amide bonds. The molecule has 0 aliphatic carbocycles. The van der Waals surface area contributed by atoms with E-state index in [0.717, 1.165) is 45.8 Å². The number of carbonyl (C=O) groups is 1. The van der Waals surface area contributed by atoms with E-state index < -0.39 is 0 Å². The van der Waals surface area contributed by atoms with Gasteiger partial charge in [0.25, 0.3) is 0 Å². The van der Waals surface area contributed by atoms with Crippen molar-refractivity contribution < 1.29 is 9.53 Å². The molecule has 0 aromatic rings. The largest absolute Gasteiger partial charge is 0.379 e. The average molecular weight is 469 g/mol. The zero-order valence-corrected chi connectivity index (χ0v) is 18.7. The van der Waals surface area contributed by atoms with Gasteiger partial charge in [0, 0.05) is 39.8 Å². The number of likely N-dealkylation sites (N-methyl/N-ethyl adjacent to an activating group) is 1. The van der Waals surface area contributed by atoms with Gasteiger partial charge < -0.3 is 20.3 Å². The molecule has 148 valence electrons. The van der Waals surface area contributed by atoms with Crippen LogP contribution >= 0.6 is 24.0 Å². The first-order valence-corrected chi connectivity index (χ1v) is 8.95. The van der Waals surface area contributed by atoms with Crippen molar-refractivity contribution in [3.63, 3.8) is 0 Å². The summed E-state index contributed by atoms with van der Waals surface area (Å²) < 4.78 is 5.36. The van der Waals surface area contributed by atoms with Gasteiger partial charge in [0.2, 0.25) is 5.91 Å². The lowest BCUT2D eigenvalue weighted by Crippen LogP contribution is -2.45. The van der Waals surface area contributed by atoms with E-state index in [0.29, 0.717) is 17.9 Å². The molecule has 0 bridgehead atoms. The highest BCUT2D eigenvalue weighted by molar-refractivity contribution is 14.0. The number of halogens is 1. The molecule has 8 heteroatoms. The molecule has 2 N–H and O–H groups in total. The molecule has 0 aromatic carbocycles. The number of ether oxygens (including phenoxy) is 1. The lowest BCUT2D eigenvalue weighted by Gasteiger charge is -2.26. The topological polar surface area (TPSA) is 69.2 Å². The summed E-state index contributed by atoms with van der Waals surface area (Å²) in [7, 11) is 3.49. The van der Waals surface area contributed by atoms with Gasteiger partial charge in [-0.25, -0.2) is 4.99 Å². The number of nitrogens with zero attached hydrogens (tertiary/aromatic N) is 3. The lowest BCUT2D eigenvalue weighted by atomic mass is 10.1. The summed E-state index contributed by atoms with van der Waals surface area (Å²) >= 11 is 0. The summed E-state index contributed by atoms with van der Waals surface area (Å²) in [6, 6.07) is 0.296. The molecule has 0 radical (unpaired) electrons. The van der Waals surface area contributed by atoms with Crippen molar-refractivity contribution in [3.8, 4) is 0 Å². The molecule has 25 heavy (non-hydrogen) atoms. The fourth-order valence-corrected chi connectivity index (χ4v) is 2.16. The Morgan fingerprint density at radius 3 is 2.44 bits per heavy atom. The quantitative estimate of drug-likeness (QED) is 0.240. The van der Waals surface area contributed by atoms with E-state index in [1.165, 1.54) is 0 Å². The summed E-state index contributed by atoms with van der Waals surface area (Å²) in [5.74, 6) is 1.21. The molecule has 1 aliphatic rings. The maximum atomic E-state index is 11.7. The molecule has 0 spiro atoms. The number of hydrogen-bond acceptors (Lipinski definition) is 4. The second kappa shape index (κ2) is 13.6. The summed E-state index contributed by atoms with van der Waals surface area (Å²) in [6.07, 6.45) is 1.04. The van der Waals surface area contributed by atoms with Crippen LogP contribution in [0.4, 0.5) is 0 Å². The summed E-state index contributed by atoms with van der Waals surface area (Å²) in [5, 5.41) is 6.73. The summed E-state index contributed by atoms with van der Waals surface area (Å²) in [5.41, 5.74) is 0. The van der Waals surface area contributed by atoms with Gasteiger partial charge in [-0.2, -0.15) is 0 Å². The van der Waals surface area contributed by atoms with E-state index in [1.807, 2.05) is 0 Å². The molecule has 1 unspecified atom stereocenters. The fraction of sp³-hybridized carbons (Fsp3) is 0.882. The van der Waals surface area contributed by atoms with Crippen LogP contribution in [0.3, 0.4) is 0 Å². The van der Waals surface area contributed by atoms with Crippen LogP contribution in [-0.4, -0.2) is 87.7 Å². The minimum atomic E-state index is 0. The second-order valence-corrected chi connectivity index (χ2v) is 6.86. The van der Waals surface area contributed by atoms with Crippen molar-refractivity contribution in [1.82, 2.24) is 20.4 Å². The first-order valence-electron chi connectivity index (χ1n) is 8.95. The Labute approximate surface area is 170 Å². The van der Waals surface area contributed by atoms with E-state index in [-0.39, 0.29) is 36.4 Å². The Morgan fingerprint density at radius 2 is 1.88 bits per heavy atom. The molecule has 1 rings (SSSR count). The Kier molecular flexibility index (Phi) is 13.2. The van der Waals surface area contributed by atoms with Crippen LogP contribution < -0.4 is 10.6 Å². The zero-order chi connectivity index (χ0) is 17.9. The molecule has 1 aliphatic heterocycles. The summed E-state index contributed by atoms with van der Waals surface area (Å²) in [6.45, 7) is 12.2. The van der Waals surface area contributed by atoms with Crippen molar-refractivity contribution >= 4 is 35.8 Å². The van der Waals surface area contributed by atoms with Crippen molar-refractivity contribution in [2.45, 2.75) is 33.2 Å². The number of morpholine rings is 1. The van der Waals surface area contributed by atoms with E-state index in [9.17, 15) is 4.79 Å². The minimum Gasteiger partial charge on any atom is -0.379 e. The SMILES string of the molecule is CC(C)C(C)NC(=NCC(=O)N(C)C)NCCCN1CCOCC1.I. The van der Waals surface area contributed by atoms with Gasteiger partial charge in [-0.1, -0.05) is 13.8 Å². The number of rotatable bonds is 8. The normalized spacial score (nSPS) is 17.0. The Hall–Kier alpha value is -0.610. The van der Waals surface area contributed by atoms with Gasteiger partial charge in [-0.3, -0.25) is 9.69 Å². The van der Waals surface area contributed by atoms with Gasteiger partial charge in [-0.05, 0) is 25.8 Å². The van der Waals surface area contributed by atoms with Gasteiger partial charge >= 0.3 is 0 Å². The number of guanidine groups is 1. The van der Waals surface area contributed by atoms with Gasteiger partial charge in [0.05, 0.1) is 13.2 Å². The monoisotopic (exact) mass is 469 g/mol. The number of carbonyl (C=O) groups excluding carboxylic acids is 1. The zero-order valence-electron chi connectivity index (χ0n) is 16.4. The van der Waals surface area contributed by atoms with Crippen LogP contribution in [0.1, 0.15) is 27.2 Å². The average Bonchev–Trinajstić information content (AvgIpc) is 2.56. The third kappa shape index (κ3) is 10.9. The lowest BCUT2D eigenvalue weighted by molar-refractivity contribution is -0.127. The summed E-state index contributed by atoms with van der Waals surface area (Å²) in [4.78, 5) is 20.1. The molecule has 1 fully saturated rings. The highest BCUT2D eigenvalue weighted by Crippen LogP contribution is 2.00. The van der Waals surface area contributed by atoms with Crippen LogP contribution in [0.2, 0.25) is 0 Å². The fourth-order valence-electron chi connectivity index (χ4n) is 2.16. The number of aliphatic imine (C=N–C) groups is 1. The predicted molar refractivity (Wildman–Crippen MR) is 114 cm³/mol. The third-order valence-corrected chi connectivity index (χ3v) is 4.28. The molecule has 1 saturated heterocycles. The molecular weight excluding hydrogens is 433 g/mol. The standard InChI is InChI=1S/C17H35N5O2.HI/c1-14(2)15(3)20-17(19-13-16(23)21(4)5)18-7-6-8-22-9-11-24-12-10-22;/h14-15H,6-13H2,1-5H3,(H2,18,19,20);1H. The van der Waals surface area contributed by atoms with Crippen molar-refractivity contribution in [3.05, 3.63) is 0 Å². The minimum absolute atomic E-state index is 0. The molecule has 1 heterocycles. The molecule has 0 saturated carbocycles. The molecule has 0 aromatic heterocycles. The number of nitrogens with one attached hydrogen (secondary N) is 2. The molecule has 1 atom stereocenters. The van der Waals surface area contributed by atoms with Crippen LogP contribution in [0.5, 0.6) is 0 Å². The second-order valence-electron chi connectivity index (χ2n) is 6.86. The maximum Gasteiger partial charge on any atom is 0.243 e. The Balaban J connectivity index is 0.00000576. The van der Waals surface area contributed by atoms with Gasteiger partial charge in [-0.15, -0.1) is 24.0 Å². The smallest absolute Gasteiger partial charge is 0.243 e. The number of amides is 1. The Bertz CT molecular complexity index is 398. The van der Waals surface area contributed by atoms with E-state index >= 15 is 0 Å². The van der Waals surface area contributed by atoms with Crippen LogP contribution in [0.25, 0.3) is 0 Å². The van der Waals surface area contributed by atoms with Crippen LogP contribution in [0.15, 0.2) is 4.99 Å². The predicted octanol–water partition coefficient (Wildman–Crippen LogP) is 0.995. The van der Waals surface area contributed by atoms with Gasteiger partial charge in [0.1, 0.15) is 6.54 Å². The van der Waals surface area contributed by atoms with Crippen molar-refractivity contribution in [2.75, 3.05) is 60.0 Å².